The summed E-state index contributed by atoms with van der Waals surface area (Å²) >= 11 is 0. The van der Waals surface area contributed by atoms with Crippen LogP contribution in [-0.4, -0.2) is 31.3 Å². The zero-order chi connectivity index (χ0) is 21.1. The summed E-state index contributed by atoms with van der Waals surface area (Å²) < 4.78 is 23.6. The van der Waals surface area contributed by atoms with Crippen molar-refractivity contribution in [2.45, 2.75) is 43.3 Å². The molecule has 0 radical (unpaired) electrons. The van der Waals surface area contributed by atoms with E-state index in [-0.39, 0.29) is 4.90 Å². The Morgan fingerprint density at radius 3 is 2.48 bits per heavy atom. The molecule has 154 valence electrons. The smallest absolute Gasteiger partial charge is 0.262 e. The van der Waals surface area contributed by atoms with Gasteiger partial charge in [-0.05, 0) is 36.6 Å². The highest BCUT2D eigenvalue weighted by atomic mass is 32.2. The zero-order valence-electron chi connectivity index (χ0n) is 16.2. The number of anilines is 1. The van der Waals surface area contributed by atoms with E-state index in [0.717, 1.165) is 18.4 Å². The predicted molar refractivity (Wildman–Crippen MR) is 112 cm³/mol. The Morgan fingerprint density at radius 1 is 1.14 bits per heavy atom. The fourth-order valence-corrected chi connectivity index (χ4v) is 3.91. The Labute approximate surface area is 170 Å². The standard InChI is InChI=1S/C20H25N5O3S/c1-2-3-12-20(19(21)26)23-15-24(25(20)14-16-8-5-4-6-9-16)17-10-7-11-18(13-17)29(22,27)28/h4-11,13,15H,2-3,12,14H2,1H3,(H2,21,26)(H2,22,27,28). The zero-order valence-corrected chi connectivity index (χ0v) is 17.0. The van der Waals surface area contributed by atoms with Crippen LogP contribution < -0.4 is 15.9 Å². The van der Waals surface area contributed by atoms with E-state index in [0.29, 0.717) is 18.7 Å². The van der Waals surface area contributed by atoms with Gasteiger partial charge in [0.05, 0.1) is 10.6 Å². The maximum atomic E-state index is 12.6. The maximum absolute atomic E-state index is 12.6. The van der Waals surface area contributed by atoms with Crippen molar-refractivity contribution in [1.82, 2.24) is 5.01 Å². The second-order valence-corrected chi connectivity index (χ2v) is 8.52. The van der Waals surface area contributed by atoms with Crippen LogP contribution in [0.3, 0.4) is 0 Å². The van der Waals surface area contributed by atoms with Gasteiger partial charge in [0.25, 0.3) is 5.91 Å². The Balaban J connectivity index is 2.06. The van der Waals surface area contributed by atoms with Crippen LogP contribution in [0.4, 0.5) is 5.69 Å². The minimum absolute atomic E-state index is 0.0202. The Hall–Kier alpha value is -2.75. The highest BCUT2D eigenvalue weighted by Crippen LogP contribution is 2.35. The summed E-state index contributed by atoms with van der Waals surface area (Å²) in [7, 11) is -3.87. The van der Waals surface area contributed by atoms with Crippen molar-refractivity contribution in [3.63, 3.8) is 0 Å². The van der Waals surface area contributed by atoms with E-state index < -0.39 is 21.6 Å². The number of carbonyl (C=O) groups excluding carboxylic acids is 1. The molecule has 0 spiro atoms. The normalized spacial score (nSPS) is 19.6. The van der Waals surface area contributed by atoms with E-state index in [1.54, 1.807) is 22.2 Å². The number of carbonyl (C=O) groups is 1. The van der Waals surface area contributed by atoms with E-state index in [4.69, 9.17) is 10.9 Å². The molecular weight excluding hydrogens is 390 g/mol. The number of sulfonamides is 1. The van der Waals surface area contributed by atoms with Gasteiger partial charge in [0.2, 0.25) is 15.7 Å². The molecule has 2 aromatic carbocycles. The summed E-state index contributed by atoms with van der Waals surface area (Å²) in [5, 5.41) is 8.73. The van der Waals surface area contributed by atoms with Crippen LogP contribution in [0.2, 0.25) is 0 Å². The van der Waals surface area contributed by atoms with Crippen LogP contribution in [0.25, 0.3) is 0 Å². The second kappa shape index (κ2) is 8.32. The average Bonchev–Trinajstić information content (AvgIpc) is 3.06. The third-order valence-electron chi connectivity index (χ3n) is 4.93. The van der Waals surface area contributed by atoms with E-state index in [1.165, 1.54) is 18.5 Å². The molecule has 9 heteroatoms. The third kappa shape index (κ3) is 4.31. The summed E-state index contributed by atoms with van der Waals surface area (Å²) in [6.45, 7) is 2.40. The minimum atomic E-state index is -3.87. The largest absolute Gasteiger partial charge is 0.366 e. The lowest BCUT2D eigenvalue weighted by Crippen LogP contribution is -2.57. The molecule has 1 unspecified atom stereocenters. The van der Waals surface area contributed by atoms with Crippen molar-refractivity contribution in [2.75, 3.05) is 5.01 Å². The van der Waals surface area contributed by atoms with Gasteiger partial charge >= 0.3 is 0 Å². The molecular formula is C20H25N5O3S. The fraction of sp³-hybridized carbons (Fsp3) is 0.300. The molecule has 1 atom stereocenters. The first-order chi connectivity index (χ1) is 13.8. The number of primary amides is 1. The fourth-order valence-electron chi connectivity index (χ4n) is 3.36. The van der Waals surface area contributed by atoms with Crippen molar-refractivity contribution in [2.24, 2.45) is 15.9 Å². The summed E-state index contributed by atoms with van der Waals surface area (Å²) in [6, 6.07) is 15.8. The average molecular weight is 416 g/mol. The highest BCUT2D eigenvalue weighted by Gasteiger charge is 2.48. The molecule has 0 aromatic heterocycles. The van der Waals surface area contributed by atoms with Crippen LogP contribution in [0, 0.1) is 0 Å². The van der Waals surface area contributed by atoms with Crippen LogP contribution in [0.5, 0.6) is 0 Å². The molecule has 2 aromatic rings. The molecule has 1 heterocycles. The van der Waals surface area contributed by atoms with Crippen molar-refractivity contribution < 1.29 is 13.2 Å². The number of hydrazine groups is 1. The number of nitrogens with zero attached hydrogens (tertiary/aromatic N) is 3. The van der Waals surface area contributed by atoms with E-state index in [1.807, 2.05) is 37.3 Å². The Bertz CT molecular complexity index is 1010. The van der Waals surface area contributed by atoms with Gasteiger partial charge in [-0.15, -0.1) is 0 Å². The molecule has 4 N–H and O–H groups in total. The number of rotatable bonds is 8. The van der Waals surface area contributed by atoms with Crippen LogP contribution in [-0.2, 0) is 21.4 Å². The lowest BCUT2D eigenvalue weighted by atomic mass is 10.0. The number of nitrogens with two attached hydrogens (primary N) is 2. The molecule has 8 nitrogen and oxygen atoms in total. The summed E-state index contributed by atoms with van der Waals surface area (Å²) in [5.41, 5.74) is 6.06. The van der Waals surface area contributed by atoms with Gasteiger partial charge in [0.1, 0.15) is 6.34 Å². The molecule has 0 saturated heterocycles. The molecule has 0 bridgehead atoms. The van der Waals surface area contributed by atoms with Crippen LogP contribution in [0.15, 0.2) is 64.5 Å². The van der Waals surface area contributed by atoms with Crippen LogP contribution in [0.1, 0.15) is 31.7 Å². The number of hydrogen-bond acceptors (Lipinski definition) is 6. The molecule has 0 saturated carbocycles. The Kier molecular flexibility index (Phi) is 6.02. The van der Waals surface area contributed by atoms with E-state index in [9.17, 15) is 13.2 Å². The second-order valence-electron chi connectivity index (χ2n) is 6.96. The van der Waals surface area contributed by atoms with Gasteiger partial charge in [0.15, 0.2) is 0 Å². The van der Waals surface area contributed by atoms with Gasteiger partial charge in [0, 0.05) is 6.54 Å². The molecule has 1 amide bonds. The SMILES string of the molecule is CCCCC1(C(N)=O)N=CN(c2cccc(S(N)(=O)=O)c2)N1Cc1ccccc1. The van der Waals surface area contributed by atoms with Gasteiger partial charge in [-0.1, -0.05) is 49.7 Å². The molecule has 3 rings (SSSR count). The number of aliphatic imine (C=N–C) groups is 1. The molecule has 1 aliphatic heterocycles. The van der Waals surface area contributed by atoms with Crippen molar-refractivity contribution >= 4 is 28.0 Å². The molecule has 29 heavy (non-hydrogen) atoms. The summed E-state index contributed by atoms with van der Waals surface area (Å²) in [6.07, 6.45) is 3.61. The number of hydrogen-bond donors (Lipinski definition) is 2. The quantitative estimate of drug-likeness (QED) is 0.682. The minimum Gasteiger partial charge on any atom is -0.366 e. The van der Waals surface area contributed by atoms with Crippen molar-refractivity contribution in [3.8, 4) is 0 Å². The number of unbranched alkanes of at least 4 members (excludes halogenated alkanes) is 1. The number of benzene rings is 2. The van der Waals surface area contributed by atoms with Gasteiger partial charge in [-0.3, -0.25) is 9.80 Å². The topological polar surface area (TPSA) is 122 Å². The van der Waals surface area contributed by atoms with Gasteiger partial charge in [-0.25, -0.2) is 18.5 Å². The molecule has 0 aliphatic carbocycles. The summed E-state index contributed by atoms with van der Waals surface area (Å²) in [5.74, 6) is -0.553. The maximum Gasteiger partial charge on any atom is 0.262 e. The first-order valence-corrected chi connectivity index (χ1v) is 10.9. The first kappa shape index (κ1) is 21.0. The lowest BCUT2D eigenvalue weighted by molar-refractivity contribution is -0.130. The Morgan fingerprint density at radius 2 is 1.86 bits per heavy atom. The number of primary sulfonamides is 1. The summed E-state index contributed by atoms with van der Waals surface area (Å²) in [4.78, 5) is 17.0. The monoisotopic (exact) mass is 415 g/mol. The third-order valence-corrected chi connectivity index (χ3v) is 5.84. The lowest BCUT2D eigenvalue weighted by Gasteiger charge is -2.38. The van der Waals surface area contributed by atoms with Crippen molar-refractivity contribution in [1.29, 1.82) is 0 Å². The molecule has 1 aliphatic rings. The van der Waals surface area contributed by atoms with Gasteiger partial charge < -0.3 is 5.73 Å². The number of amides is 1. The van der Waals surface area contributed by atoms with Crippen LogP contribution >= 0.6 is 0 Å². The first-order valence-electron chi connectivity index (χ1n) is 9.37. The predicted octanol–water partition coefficient (Wildman–Crippen LogP) is 1.97. The van der Waals surface area contributed by atoms with Crippen molar-refractivity contribution in [3.05, 3.63) is 60.2 Å². The van der Waals surface area contributed by atoms with E-state index >= 15 is 0 Å². The highest BCUT2D eigenvalue weighted by molar-refractivity contribution is 7.89. The van der Waals surface area contributed by atoms with Gasteiger partial charge in [-0.2, -0.15) is 5.01 Å². The van der Waals surface area contributed by atoms with E-state index in [2.05, 4.69) is 4.99 Å². The molecule has 0 fully saturated rings.